The van der Waals surface area contributed by atoms with Gasteiger partial charge in [-0.25, -0.2) is 0 Å². The first-order chi connectivity index (χ1) is 4.33. The van der Waals surface area contributed by atoms with Gasteiger partial charge in [-0.3, -0.25) is 0 Å². The molecule has 1 radical (unpaired) electrons. The summed E-state index contributed by atoms with van der Waals surface area (Å²) in [6.45, 7) is 3.69. The van der Waals surface area contributed by atoms with E-state index in [4.69, 9.17) is 5.26 Å². The fourth-order valence-electron chi connectivity index (χ4n) is 0.579. The van der Waals surface area contributed by atoms with Crippen molar-refractivity contribution in [2.45, 2.75) is 0 Å². The van der Waals surface area contributed by atoms with Crippen LogP contribution in [0.3, 0.4) is 0 Å². The average molecular weight is 205 g/mol. The maximum atomic E-state index is 8.36. The molecule has 0 fully saturated rings. The molecule has 1 nitrogen and oxygen atoms in total. The first-order valence-corrected chi connectivity index (χ1v) is 2.65. The number of benzene rings is 1. The molecule has 0 atom stereocenters. The van der Waals surface area contributed by atoms with Gasteiger partial charge in [-0.05, 0) is 0 Å². The quantitative estimate of drug-likeness (QED) is 0.591. The van der Waals surface area contributed by atoms with Gasteiger partial charge in [0.25, 0.3) is 0 Å². The maximum Gasteiger partial charge on any atom is 0.0969 e. The molecule has 0 unspecified atom stereocenters. The third-order valence-corrected chi connectivity index (χ3v) is 1.08. The summed E-state index contributed by atoms with van der Waals surface area (Å²) in [5.41, 5.74) is 1.62. The zero-order valence-electron chi connectivity index (χ0n) is 5.54. The molecule has 0 saturated carbocycles. The number of nitriles is 1. The van der Waals surface area contributed by atoms with Crippen LogP contribution in [0, 0.1) is 18.3 Å². The normalized spacial score (nSPS) is 7.50. The van der Waals surface area contributed by atoms with E-state index in [1.807, 2.05) is 18.2 Å². The van der Waals surface area contributed by atoms with Crippen molar-refractivity contribution in [2.75, 3.05) is 0 Å². The summed E-state index contributed by atoms with van der Waals surface area (Å²) < 4.78 is 0. The van der Waals surface area contributed by atoms with Crippen molar-refractivity contribution in [1.82, 2.24) is 0 Å². The molecule has 0 amide bonds. The van der Waals surface area contributed by atoms with Gasteiger partial charge >= 0.3 is 0 Å². The van der Waals surface area contributed by atoms with Gasteiger partial charge in [-0.15, -0.1) is 12.1 Å². The second kappa shape index (κ2) is 4.49. The molecule has 0 N–H and O–H groups in total. The minimum Gasteiger partial charge on any atom is -0.199 e. The molecule has 1 rings (SSSR count). The Morgan fingerprint density at radius 1 is 1.20 bits per heavy atom. The maximum absolute atomic E-state index is 8.36. The van der Waals surface area contributed by atoms with Gasteiger partial charge < -0.3 is 0 Å². The van der Waals surface area contributed by atoms with Crippen molar-refractivity contribution >= 4 is 0 Å². The van der Waals surface area contributed by atoms with Crippen LogP contribution in [0.1, 0.15) is 11.1 Å². The Morgan fingerprint density at radius 3 is 2.10 bits per heavy atom. The van der Waals surface area contributed by atoms with Gasteiger partial charge in [-0.2, -0.15) is 29.9 Å². The molecule has 0 heterocycles. The average Bonchev–Trinajstić information content (AvgIpc) is 1.90. The van der Waals surface area contributed by atoms with Gasteiger partial charge in [0, 0.05) is 38.3 Å². The molecule has 2 heteroatoms. The van der Waals surface area contributed by atoms with E-state index in [1.54, 1.807) is 12.1 Å². The Morgan fingerprint density at radius 2 is 1.70 bits per heavy atom. The van der Waals surface area contributed by atoms with Crippen LogP contribution in [0.15, 0.2) is 24.3 Å². The molecule has 1 aromatic carbocycles. The standard InChI is InChI=1S/C8H6N.Y/c1-7-2-4-8(6-9)5-3-7;/h2-5H,1H2;/q-1;. The smallest absolute Gasteiger partial charge is 0.0969 e. The largest absolute Gasteiger partial charge is 0.199 e. The third-order valence-electron chi connectivity index (χ3n) is 1.08. The Bertz CT molecular complexity index is 232. The molecule has 0 bridgehead atoms. The van der Waals surface area contributed by atoms with Crippen LogP contribution in [0.2, 0.25) is 0 Å². The van der Waals surface area contributed by atoms with Crippen LogP contribution in [-0.2, 0) is 32.7 Å². The summed E-state index contributed by atoms with van der Waals surface area (Å²) in [7, 11) is 0. The minimum atomic E-state index is 0. The Kier molecular flexibility index (Phi) is 4.35. The zero-order valence-corrected chi connectivity index (χ0v) is 8.38. The van der Waals surface area contributed by atoms with E-state index >= 15 is 0 Å². The van der Waals surface area contributed by atoms with Crippen molar-refractivity contribution in [2.24, 2.45) is 0 Å². The molecule has 10 heavy (non-hydrogen) atoms. The molecule has 1 aromatic rings. The molecule has 0 aromatic heterocycles. The van der Waals surface area contributed by atoms with Crippen molar-refractivity contribution < 1.29 is 32.7 Å². The number of nitrogens with zero attached hydrogens (tertiary/aromatic N) is 1. The van der Waals surface area contributed by atoms with E-state index in [2.05, 4.69) is 6.92 Å². The fraction of sp³-hybridized carbons (Fsp3) is 0. The van der Waals surface area contributed by atoms with Crippen LogP contribution < -0.4 is 0 Å². The third kappa shape index (κ3) is 2.51. The van der Waals surface area contributed by atoms with Gasteiger partial charge in [0.2, 0.25) is 0 Å². The summed E-state index contributed by atoms with van der Waals surface area (Å²) in [4.78, 5) is 0. The molecule has 0 saturated heterocycles. The van der Waals surface area contributed by atoms with Gasteiger partial charge in [0.05, 0.1) is 6.07 Å². The van der Waals surface area contributed by atoms with E-state index in [0.717, 1.165) is 5.56 Å². The van der Waals surface area contributed by atoms with Crippen LogP contribution in [0.4, 0.5) is 0 Å². The second-order valence-corrected chi connectivity index (χ2v) is 1.81. The van der Waals surface area contributed by atoms with Crippen molar-refractivity contribution in [3.8, 4) is 6.07 Å². The van der Waals surface area contributed by atoms with Crippen molar-refractivity contribution in [3.63, 3.8) is 0 Å². The van der Waals surface area contributed by atoms with E-state index in [9.17, 15) is 0 Å². The Hall–Kier alpha value is -0.316. The topological polar surface area (TPSA) is 23.8 Å². The molecular weight excluding hydrogens is 199 g/mol. The summed E-state index contributed by atoms with van der Waals surface area (Å²) in [5, 5.41) is 8.36. The predicted octanol–water partition coefficient (Wildman–Crippen LogP) is 1.74. The summed E-state index contributed by atoms with van der Waals surface area (Å²) in [5.74, 6) is 0. The first kappa shape index (κ1) is 9.68. The summed E-state index contributed by atoms with van der Waals surface area (Å²) in [6, 6.07) is 9.17. The number of hydrogen-bond donors (Lipinski definition) is 0. The number of rotatable bonds is 0. The van der Waals surface area contributed by atoms with Gasteiger partial charge in [0.15, 0.2) is 0 Å². The van der Waals surface area contributed by atoms with E-state index in [1.165, 1.54) is 0 Å². The second-order valence-electron chi connectivity index (χ2n) is 1.81. The van der Waals surface area contributed by atoms with E-state index in [-0.39, 0.29) is 32.7 Å². The predicted molar refractivity (Wildman–Crippen MR) is 35.6 cm³/mol. The molecule has 0 aliphatic rings. The van der Waals surface area contributed by atoms with E-state index in [0.29, 0.717) is 5.56 Å². The van der Waals surface area contributed by atoms with Crippen LogP contribution >= 0.6 is 0 Å². The molecule has 0 aliphatic carbocycles. The molecule has 47 valence electrons. The fourth-order valence-corrected chi connectivity index (χ4v) is 0.579. The molecule has 0 aliphatic heterocycles. The van der Waals surface area contributed by atoms with Crippen LogP contribution in [0.25, 0.3) is 0 Å². The van der Waals surface area contributed by atoms with Gasteiger partial charge in [-0.1, -0.05) is 0 Å². The van der Waals surface area contributed by atoms with Crippen molar-refractivity contribution in [1.29, 1.82) is 5.26 Å². The SMILES string of the molecule is [CH2-]c1ccc(C#N)cc1.[Y]. The van der Waals surface area contributed by atoms with Gasteiger partial charge in [0.1, 0.15) is 0 Å². The van der Waals surface area contributed by atoms with Crippen LogP contribution in [-0.4, -0.2) is 0 Å². The Balaban J connectivity index is 0.000000810. The minimum absolute atomic E-state index is 0. The monoisotopic (exact) mass is 205 g/mol. The summed E-state index contributed by atoms with van der Waals surface area (Å²) in [6.07, 6.45) is 0. The number of hydrogen-bond acceptors (Lipinski definition) is 1. The first-order valence-electron chi connectivity index (χ1n) is 2.65. The molecule has 0 spiro atoms. The Labute approximate surface area is 85.9 Å². The molecular formula is C8H6NY-. The zero-order chi connectivity index (χ0) is 6.69. The van der Waals surface area contributed by atoms with E-state index < -0.39 is 0 Å². The van der Waals surface area contributed by atoms with Crippen molar-refractivity contribution in [3.05, 3.63) is 42.3 Å². The summed E-state index contributed by atoms with van der Waals surface area (Å²) >= 11 is 0. The van der Waals surface area contributed by atoms with Crippen LogP contribution in [0.5, 0.6) is 0 Å².